The van der Waals surface area contributed by atoms with Gasteiger partial charge in [-0.2, -0.15) is 4.52 Å². The maximum Gasteiger partial charge on any atom is 0.184 e. The number of aryl methyl sites for hydroxylation is 1. The summed E-state index contributed by atoms with van der Waals surface area (Å²) in [4.78, 5) is 2.33. The van der Waals surface area contributed by atoms with Crippen LogP contribution >= 0.6 is 12.2 Å². The summed E-state index contributed by atoms with van der Waals surface area (Å²) in [5, 5.41) is 17.9. The summed E-state index contributed by atoms with van der Waals surface area (Å²) in [7, 11) is 0. The van der Waals surface area contributed by atoms with Gasteiger partial charge in [0.15, 0.2) is 10.8 Å². The SMILES string of the molecule is CCc1ccc2c(c1)cc(CN(C(=S)Nc1ccccc1)C1CCCC1)c1nnnn12. The Bertz CT molecular complexity index is 1210. The second kappa shape index (κ2) is 8.59. The zero-order valence-corrected chi connectivity index (χ0v) is 18.5. The summed E-state index contributed by atoms with van der Waals surface area (Å²) in [6.07, 6.45) is 5.80. The maximum atomic E-state index is 5.89. The van der Waals surface area contributed by atoms with Gasteiger partial charge < -0.3 is 10.2 Å². The number of benzene rings is 2. The highest BCUT2D eigenvalue weighted by Crippen LogP contribution is 2.28. The van der Waals surface area contributed by atoms with Crippen molar-refractivity contribution in [3.63, 3.8) is 0 Å². The lowest BCUT2D eigenvalue weighted by Gasteiger charge is -2.32. The van der Waals surface area contributed by atoms with Gasteiger partial charge in [0.05, 0.1) is 5.52 Å². The summed E-state index contributed by atoms with van der Waals surface area (Å²) in [6.45, 7) is 2.85. The van der Waals surface area contributed by atoms with Crippen molar-refractivity contribution in [2.45, 2.75) is 51.6 Å². The third-order valence-electron chi connectivity index (χ3n) is 6.21. The lowest BCUT2D eigenvalue weighted by molar-refractivity contribution is 0.313. The van der Waals surface area contributed by atoms with Crippen molar-refractivity contribution in [3.8, 4) is 0 Å². The topological polar surface area (TPSA) is 58.3 Å². The predicted octanol–water partition coefficient (Wildman–Crippen LogP) is 4.98. The molecule has 1 saturated carbocycles. The van der Waals surface area contributed by atoms with E-state index < -0.39 is 0 Å². The second-order valence-corrected chi connectivity index (χ2v) is 8.58. The molecular formula is C24H26N6S. The molecule has 2 aromatic heterocycles. The minimum atomic E-state index is 0.428. The number of tetrazole rings is 1. The molecule has 31 heavy (non-hydrogen) atoms. The third kappa shape index (κ3) is 3.97. The molecule has 2 heterocycles. The van der Waals surface area contributed by atoms with Crippen LogP contribution in [0.15, 0.2) is 54.6 Å². The number of para-hydroxylation sites is 1. The van der Waals surface area contributed by atoms with E-state index in [1.807, 2.05) is 34.8 Å². The lowest BCUT2D eigenvalue weighted by Crippen LogP contribution is -2.41. The molecule has 6 nitrogen and oxygen atoms in total. The molecule has 0 unspecified atom stereocenters. The summed E-state index contributed by atoms with van der Waals surface area (Å²) < 4.78 is 1.85. The van der Waals surface area contributed by atoms with Gasteiger partial charge in [0, 0.05) is 29.2 Å². The molecule has 0 bridgehead atoms. The van der Waals surface area contributed by atoms with Gasteiger partial charge in [-0.3, -0.25) is 0 Å². The van der Waals surface area contributed by atoms with Crippen LogP contribution in [0.1, 0.15) is 43.7 Å². The van der Waals surface area contributed by atoms with Gasteiger partial charge in [0.25, 0.3) is 0 Å². The molecule has 158 valence electrons. The Morgan fingerprint density at radius 1 is 1.13 bits per heavy atom. The van der Waals surface area contributed by atoms with Crippen LogP contribution in [0.5, 0.6) is 0 Å². The number of hydrogen-bond acceptors (Lipinski definition) is 4. The number of nitrogens with one attached hydrogen (secondary N) is 1. The highest BCUT2D eigenvalue weighted by molar-refractivity contribution is 7.80. The number of rotatable bonds is 5. The van der Waals surface area contributed by atoms with Crippen molar-refractivity contribution in [2.24, 2.45) is 0 Å². The largest absolute Gasteiger partial charge is 0.342 e. The maximum absolute atomic E-state index is 5.89. The van der Waals surface area contributed by atoms with Gasteiger partial charge in [0.1, 0.15) is 0 Å². The van der Waals surface area contributed by atoms with Gasteiger partial charge in [-0.05, 0) is 77.8 Å². The van der Waals surface area contributed by atoms with Crippen LogP contribution < -0.4 is 5.32 Å². The summed E-state index contributed by atoms with van der Waals surface area (Å²) in [5.74, 6) is 0. The number of anilines is 1. The quantitative estimate of drug-likeness (QED) is 0.451. The Labute approximate surface area is 187 Å². The van der Waals surface area contributed by atoms with E-state index >= 15 is 0 Å². The molecule has 0 saturated heterocycles. The van der Waals surface area contributed by atoms with Gasteiger partial charge in [0.2, 0.25) is 0 Å². The molecule has 5 rings (SSSR count). The van der Waals surface area contributed by atoms with Crippen molar-refractivity contribution in [1.29, 1.82) is 0 Å². The molecule has 7 heteroatoms. The molecule has 0 radical (unpaired) electrons. The number of aromatic nitrogens is 4. The van der Waals surface area contributed by atoms with E-state index in [0.717, 1.165) is 52.2 Å². The molecule has 0 amide bonds. The van der Waals surface area contributed by atoms with E-state index in [-0.39, 0.29) is 0 Å². The third-order valence-corrected chi connectivity index (χ3v) is 6.54. The van der Waals surface area contributed by atoms with Crippen molar-refractivity contribution in [2.75, 3.05) is 5.32 Å². The average molecular weight is 431 g/mol. The van der Waals surface area contributed by atoms with Crippen LogP contribution in [-0.2, 0) is 13.0 Å². The smallest absolute Gasteiger partial charge is 0.184 e. The van der Waals surface area contributed by atoms with Gasteiger partial charge in [-0.25, -0.2) is 0 Å². The highest BCUT2D eigenvalue weighted by Gasteiger charge is 2.26. The van der Waals surface area contributed by atoms with Crippen LogP contribution in [0, 0.1) is 0 Å². The van der Waals surface area contributed by atoms with Crippen molar-refractivity contribution >= 4 is 39.6 Å². The minimum absolute atomic E-state index is 0.428. The number of thiocarbonyl (C=S) groups is 1. The Morgan fingerprint density at radius 3 is 2.71 bits per heavy atom. The number of fused-ring (bicyclic) bond motifs is 3. The normalized spacial score (nSPS) is 14.4. The number of pyridine rings is 1. The summed E-state index contributed by atoms with van der Waals surface area (Å²) >= 11 is 5.89. The first-order valence-electron chi connectivity index (χ1n) is 11.0. The standard InChI is InChI=1S/C24H26N6S/c1-2-17-12-13-22-18(14-17)15-19(23-26-27-28-30(22)23)16-29(21-10-6-7-11-21)24(31)25-20-8-4-3-5-9-20/h3-5,8-9,12-15,21H,2,6-7,10-11,16H2,1H3,(H,25,31). The van der Waals surface area contributed by atoms with E-state index in [4.69, 9.17) is 12.2 Å². The zero-order valence-electron chi connectivity index (χ0n) is 17.7. The van der Waals surface area contributed by atoms with Gasteiger partial charge >= 0.3 is 0 Å². The van der Waals surface area contributed by atoms with Gasteiger partial charge in [-0.15, -0.1) is 5.10 Å². The van der Waals surface area contributed by atoms with Crippen molar-refractivity contribution in [1.82, 2.24) is 24.9 Å². The number of nitrogens with zero attached hydrogens (tertiary/aromatic N) is 5. The molecule has 0 atom stereocenters. The highest BCUT2D eigenvalue weighted by atomic mass is 32.1. The predicted molar refractivity (Wildman–Crippen MR) is 128 cm³/mol. The first kappa shape index (κ1) is 19.9. The summed E-state index contributed by atoms with van der Waals surface area (Å²) in [5.41, 5.74) is 5.23. The Balaban J connectivity index is 1.53. The molecule has 1 N–H and O–H groups in total. The molecular weight excluding hydrogens is 404 g/mol. The van der Waals surface area contributed by atoms with Crippen molar-refractivity contribution in [3.05, 3.63) is 65.7 Å². The molecule has 2 aromatic carbocycles. The van der Waals surface area contributed by atoms with E-state index in [1.54, 1.807) is 0 Å². The number of hydrogen-bond donors (Lipinski definition) is 1. The fourth-order valence-corrected chi connectivity index (χ4v) is 4.87. The van der Waals surface area contributed by atoms with Crippen LogP contribution in [0.2, 0.25) is 0 Å². The Hall–Kier alpha value is -3.06. The van der Waals surface area contributed by atoms with Crippen LogP contribution in [-0.4, -0.2) is 36.1 Å². The molecule has 1 fully saturated rings. The Kier molecular flexibility index (Phi) is 5.51. The Morgan fingerprint density at radius 2 is 1.94 bits per heavy atom. The van der Waals surface area contributed by atoms with E-state index in [1.165, 1.54) is 18.4 Å². The van der Waals surface area contributed by atoms with Crippen LogP contribution in [0.25, 0.3) is 16.6 Å². The van der Waals surface area contributed by atoms with E-state index in [2.05, 4.69) is 56.9 Å². The van der Waals surface area contributed by atoms with E-state index in [9.17, 15) is 0 Å². The summed E-state index contributed by atoms with van der Waals surface area (Å²) in [6, 6.07) is 19.3. The zero-order chi connectivity index (χ0) is 21.2. The first-order chi connectivity index (χ1) is 15.2. The van der Waals surface area contributed by atoms with E-state index in [0.29, 0.717) is 12.6 Å². The fourth-order valence-electron chi connectivity index (χ4n) is 4.53. The molecule has 4 aromatic rings. The van der Waals surface area contributed by atoms with Crippen molar-refractivity contribution < 1.29 is 0 Å². The fraction of sp³-hybridized carbons (Fsp3) is 0.333. The monoisotopic (exact) mass is 430 g/mol. The van der Waals surface area contributed by atoms with Crippen LogP contribution in [0.4, 0.5) is 5.69 Å². The van der Waals surface area contributed by atoms with Gasteiger partial charge in [-0.1, -0.05) is 44.0 Å². The van der Waals surface area contributed by atoms with Crippen LogP contribution in [0.3, 0.4) is 0 Å². The average Bonchev–Trinajstić information content (AvgIpc) is 3.50. The molecule has 0 aliphatic heterocycles. The first-order valence-corrected chi connectivity index (χ1v) is 11.4. The lowest BCUT2D eigenvalue weighted by atomic mass is 10.1. The molecule has 1 aliphatic carbocycles. The molecule has 1 aliphatic rings. The molecule has 0 spiro atoms. The minimum Gasteiger partial charge on any atom is -0.342 e. The second-order valence-electron chi connectivity index (χ2n) is 8.19.